The highest BCUT2D eigenvalue weighted by atomic mass is 33.3. The van der Waals surface area contributed by atoms with Crippen molar-refractivity contribution < 1.29 is 58.4 Å². The fraction of sp³-hybridized carbons (Fsp3) is 0.857. The van der Waals surface area contributed by atoms with Crippen LogP contribution in [0.5, 0.6) is 0 Å². The predicted octanol–water partition coefficient (Wildman–Crippen LogP) is 6.05. The van der Waals surface area contributed by atoms with Crippen LogP contribution in [0.3, 0.4) is 0 Å². The first-order valence-corrected chi connectivity index (χ1v) is 29.1. The Morgan fingerprint density at radius 1 is 0.785 bits per heavy atom. The summed E-state index contributed by atoms with van der Waals surface area (Å²) in [6, 6.07) is 0. The fourth-order valence-electron chi connectivity index (χ4n) is 6.88. The molecule has 2 heterocycles. The second-order valence-corrected chi connectivity index (χ2v) is 20.5. The molecule has 10 atom stereocenters. The van der Waals surface area contributed by atoms with Gasteiger partial charge in [-0.1, -0.05) is 107 Å². The summed E-state index contributed by atoms with van der Waals surface area (Å²) in [6.07, 6.45) is 19.2. The monoisotopic (exact) mass is 1050 g/mol. The number of hydrogen-bond donors (Lipinski definition) is 5. The maximum Gasteiger partial charge on any atom is 0.303 e. The Hall–Kier alpha value is -1.09. The number of aliphatic hydroxyl groups excluding tert-OH is 4. The fourth-order valence-corrected chi connectivity index (χ4v) is 9.62. The summed E-state index contributed by atoms with van der Waals surface area (Å²) in [7, 11) is 3.95. The molecule has 2 aliphatic heterocycles. The molecule has 0 aromatic rings. The minimum Gasteiger partial charge on any atom is -0.460 e. The normalized spacial score (nSPS) is 23.1. The molecule has 2 aliphatic rings. The number of nitrogens with zero attached hydrogens (tertiary/aromatic N) is 3. The van der Waals surface area contributed by atoms with Gasteiger partial charge in [0, 0.05) is 103 Å². The Labute approximate surface area is 415 Å². The maximum absolute atomic E-state index is 11.6. The van der Waals surface area contributed by atoms with E-state index in [4.69, 9.17) is 44.8 Å². The van der Waals surface area contributed by atoms with Gasteiger partial charge in [-0.2, -0.15) is 0 Å². The summed E-state index contributed by atoms with van der Waals surface area (Å²) in [4.78, 5) is 25.7. The van der Waals surface area contributed by atoms with Gasteiger partial charge in [0.1, 0.15) is 36.6 Å². The molecule has 2 saturated heterocycles. The highest BCUT2D eigenvalue weighted by Gasteiger charge is 2.49. The molecule has 0 spiro atoms. The quantitative estimate of drug-likeness (QED) is 0.0133. The summed E-state index contributed by atoms with van der Waals surface area (Å²) in [5.41, 5.74) is 13.7. The third-order valence-corrected chi connectivity index (χ3v) is 14.6. The molecule has 0 aromatic carbocycles. The molecule has 65 heavy (non-hydrogen) atoms. The van der Waals surface area contributed by atoms with E-state index in [2.05, 4.69) is 60.9 Å². The average Bonchev–Trinajstić information content (AvgIpc) is 3.76. The Morgan fingerprint density at radius 3 is 1.72 bits per heavy atom. The van der Waals surface area contributed by atoms with Crippen LogP contribution in [-0.4, -0.2) is 121 Å². The molecule has 23 heteroatoms. The number of nitrogens with two attached hydrogens (primary N) is 1. The van der Waals surface area contributed by atoms with Crippen molar-refractivity contribution in [1.82, 2.24) is 0 Å². The topological polar surface area (TPSA) is 245 Å². The van der Waals surface area contributed by atoms with Gasteiger partial charge in [0.05, 0.1) is 19.8 Å². The van der Waals surface area contributed by atoms with Crippen LogP contribution in [0, 0.1) is 5.92 Å². The van der Waals surface area contributed by atoms with Crippen LogP contribution < -0.4 is 5.73 Å². The van der Waals surface area contributed by atoms with Gasteiger partial charge >= 0.3 is 11.9 Å². The van der Waals surface area contributed by atoms with Crippen molar-refractivity contribution in [2.75, 3.05) is 32.9 Å². The van der Waals surface area contributed by atoms with Crippen molar-refractivity contribution in [3.8, 4) is 0 Å². The highest BCUT2D eigenvalue weighted by Crippen LogP contribution is 2.34. The Kier molecular flexibility index (Phi) is 47.3. The van der Waals surface area contributed by atoms with Gasteiger partial charge in [0.25, 0.3) is 0 Å². The van der Waals surface area contributed by atoms with Gasteiger partial charge < -0.3 is 54.6 Å². The molecule has 0 aromatic heterocycles. The molecule has 16 nitrogen and oxygen atoms in total. The highest BCUT2D eigenvalue weighted by molar-refractivity contribution is 8.59. The lowest BCUT2D eigenvalue weighted by Gasteiger charge is -2.25. The third-order valence-electron chi connectivity index (χ3n) is 10.2. The van der Waals surface area contributed by atoms with Crippen LogP contribution in [0.2, 0.25) is 0 Å². The van der Waals surface area contributed by atoms with Gasteiger partial charge in [-0.3, -0.25) is 9.59 Å². The standard InChI is InChI=1S/C24H41N3O6.C18H35NO6.S5.S2/c1-5-21(31-19(3)28)22-18(2)23(32-20(4)29)24(33-22)30-17-15-13-11-9-7-6-8-10-12-14-16-26-27-25;19-11-9-7-5-3-1-2-4-6-8-10-12-24-18-16(23)15(22)17(25-18)14(21)13-20;1-3-5-4-2;1-2/h13,15,18,21-24H,5-12,14,16-17H2,1-4H3;8,10,14-18,20-23H,1-7,9,11-13,19H2;;/b15-13+;10-8+;;/t18?,21-,22-,23+,24-;14-,15?,16+,17+,18-;;/m11../s1. The number of ether oxygens (including phenoxy) is 6. The summed E-state index contributed by atoms with van der Waals surface area (Å²) in [5.74, 6) is -0.915. The van der Waals surface area contributed by atoms with Gasteiger partial charge in [0.2, 0.25) is 0 Å². The van der Waals surface area contributed by atoms with E-state index >= 15 is 0 Å². The van der Waals surface area contributed by atoms with E-state index in [1.807, 2.05) is 32.1 Å². The van der Waals surface area contributed by atoms with E-state index in [1.165, 1.54) is 98.3 Å². The molecule has 0 amide bonds. The molecule has 6 N–H and O–H groups in total. The van der Waals surface area contributed by atoms with E-state index < -0.39 is 67.9 Å². The minimum atomic E-state index is -1.28. The molecular weight excluding hydrogens is 977 g/mol. The molecule has 0 radical (unpaired) electrons. The molecule has 378 valence electrons. The molecule has 0 aliphatic carbocycles. The minimum absolute atomic E-state index is 0.161. The Bertz CT molecular complexity index is 1440. The maximum atomic E-state index is 11.6. The number of esters is 2. The van der Waals surface area contributed by atoms with E-state index in [9.17, 15) is 24.9 Å². The molecular formula is C42H76N4O12S7. The number of allylic oxidation sites excluding steroid dienone is 2. The van der Waals surface area contributed by atoms with Crippen LogP contribution in [-0.2, 0) is 109 Å². The first kappa shape index (κ1) is 66.0. The van der Waals surface area contributed by atoms with E-state index in [1.54, 1.807) is 0 Å². The van der Waals surface area contributed by atoms with E-state index in [0.717, 1.165) is 51.5 Å². The molecule has 0 bridgehead atoms. The van der Waals surface area contributed by atoms with Crippen molar-refractivity contribution in [2.24, 2.45) is 16.8 Å². The summed E-state index contributed by atoms with van der Waals surface area (Å²) in [5, 5.41) is 41.5. The summed E-state index contributed by atoms with van der Waals surface area (Å²) < 4.78 is 33.4. The van der Waals surface area contributed by atoms with Crippen LogP contribution in [0.15, 0.2) is 29.4 Å². The van der Waals surface area contributed by atoms with Gasteiger partial charge in [-0.05, 0) is 57.0 Å². The van der Waals surface area contributed by atoms with Crippen molar-refractivity contribution >= 4 is 83.3 Å². The van der Waals surface area contributed by atoms with Gasteiger partial charge in [-0.15, -0.1) is 0 Å². The molecule has 2 rings (SSSR count). The number of hydrogen-bond acceptors (Lipinski definition) is 18. The van der Waals surface area contributed by atoms with E-state index in [0.29, 0.717) is 19.6 Å². The lowest BCUT2D eigenvalue weighted by atomic mass is 9.95. The number of unbranched alkanes of at least 4 members (excludes halogenated alkanes) is 14. The van der Waals surface area contributed by atoms with Crippen molar-refractivity contribution in [2.45, 2.75) is 192 Å². The number of carbonyl (C=O) groups excluding carboxylic acids is 2. The van der Waals surface area contributed by atoms with Crippen molar-refractivity contribution in [3.63, 3.8) is 0 Å². The van der Waals surface area contributed by atoms with Crippen LogP contribution in [0.1, 0.15) is 137 Å². The smallest absolute Gasteiger partial charge is 0.303 e. The zero-order valence-electron chi connectivity index (χ0n) is 38.5. The van der Waals surface area contributed by atoms with E-state index in [-0.39, 0.29) is 18.5 Å². The molecule has 2 fully saturated rings. The number of carbonyl (C=O) groups is 2. The number of rotatable bonds is 31. The Balaban J connectivity index is 0. The lowest BCUT2D eigenvalue weighted by molar-refractivity contribution is -0.192. The predicted molar refractivity (Wildman–Crippen MR) is 272 cm³/mol. The SMILES string of the molecule is CC[C@@H](OC(C)=O)[C@@H]1O[C@@H](OC/C=C/CCCCCCCCCN=[N+]=[N-])[C@@H](OC(C)=O)C1C.NCCCCCCCCC/C=C/CO[C@@H]1O[C@@H]([C@H](O)CO)C(O)[C@@H]1O.S=S.S=S=S=S=S. The lowest BCUT2D eigenvalue weighted by Crippen LogP contribution is -2.40. The van der Waals surface area contributed by atoms with Crippen molar-refractivity contribution in [1.29, 1.82) is 0 Å². The van der Waals surface area contributed by atoms with Gasteiger partial charge in [-0.25, -0.2) is 0 Å². The summed E-state index contributed by atoms with van der Waals surface area (Å²) >= 11 is 16.2. The van der Waals surface area contributed by atoms with Gasteiger partial charge in [0.15, 0.2) is 18.7 Å². The molecule has 2 unspecified atom stereocenters. The Morgan fingerprint density at radius 2 is 1.28 bits per heavy atom. The number of aliphatic hydroxyl groups is 4. The number of azide groups is 1. The summed E-state index contributed by atoms with van der Waals surface area (Å²) in [6.45, 7) is 8.04. The largest absolute Gasteiger partial charge is 0.460 e. The van der Waals surface area contributed by atoms with Crippen LogP contribution >= 0.6 is 0 Å². The average molecular weight is 1050 g/mol. The zero-order valence-corrected chi connectivity index (χ0v) is 44.2. The van der Waals surface area contributed by atoms with Crippen LogP contribution in [0.25, 0.3) is 10.4 Å². The van der Waals surface area contributed by atoms with Crippen molar-refractivity contribution in [3.05, 3.63) is 34.7 Å². The first-order chi connectivity index (χ1) is 31.4. The zero-order chi connectivity index (χ0) is 49.1. The van der Waals surface area contributed by atoms with Crippen LogP contribution in [0.4, 0.5) is 0 Å². The molecule has 0 saturated carbocycles. The third kappa shape index (κ3) is 34.0. The second-order valence-electron chi connectivity index (χ2n) is 15.2. The first-order valence-electron chi connectivity index (χ1n) is 22.4. The second kappa shape index (κ2) is 46.6.